The fourth-order valence-corrected chi connectivity index (χ4v) is 2.52. The Kier molecular flexibility index (Phi) is 6.51. The molecule has 1 rings (SSSR count). The molecule has 10 heteroatoms. The second kappa shape index (κ2) is 8.13. The average Bonchev–Trinajstić information content (AvgIpc) is 2.49. The number of nitro benzene ring substituents is 1. The molecular weight excluding hydrogens is 326 g/mol. The molecular formula is C13H15N3O6S. The van der Waals surface area contributed by atoms with Gasteiger partial charge in [0.05, 0.1) is 22.0 Å². The number of carbonyl (C=O) groups is 3. The van der Waals surface area contributed by atoms with E-state index in [1.54, 1.807) is 0 Å². The van der Waals surface area contributed by atoms with Crippen LogP contribution in [0, 0.1) is 10.1 Å². The Morgan fingerprint density at radius 2 is 2.04 bits per heavy atom. The maximum atomic E-state index is 11.9. The summed E-state index contributed by atoms with van der Waals surface area (Å²) < 4.78 is 0. The van der Waals surface area contributed by atoms with Crippen LogP contribution in [0.1, 0.15) is 16.8 Å². The lowest BCUT2D eigenvalue weighted by Crippen LogP contribution is -2.30. The van der Waals surface area contributed by atoms with E-state index in [2.05, 4.69) is 0 Å². The summed E-state index contributed by atoms with van der Waals surface area (Å²) >= 11 is 0.934. The molecule has 0 aliphatic rings. The summed E-state index contributed by atoms with van der Waals surface area (Å²) in [5, 5.41) is 19.6. The summed E-state index contributed by atoms with van der Waals surface area (Å²) in [5.41, 5.74) is 4.77. The second-order valence-corrected chi connectivity index (χ2v) is 5.57. The van der Waals surface area contributed by atoms with Gasteiger partial charge in [-0.2, -0.15) is 0 Å². The summed E-state index contributed by atoms with van der Waals surface area (Å²) in [4.78, 5) is 45.2. The van der Waals surface area contributed by atoms with Crippen LogP contribution in [0.2, 0.25) is 0 Å². The van der Waals surface area contributed by atoms with Crippen molar-refractivity contribution in [2.75, 3.05) is 19.3 Å². The molecule has 0 heterocycles. The van der Waals surface area contributed by atoms with E-state index in [1.165, 1.54) is 24.1 Å². The largest absolute Gasteiger partial charge is 0.481 e. The van der Waals surface area contributed by atoms with Gasteiger partial charge in [0, 0.05) is 25.2 Å². The number of nitrogens with two attached hydrogens (primary N) is 1. The highest BCUT2D eigenvalue weighted by atomic mass is 32.2. The number of aliphatic carboxylic acids is 1. The van der Waals surface area contributed by atoms with Crippen LogP contribution in [0.4, 0.5) is 5.69 Å². The highest BCUT2D eigenvalue weighted by Gasteiger charge is 2.19. The third-order valence-electron chi connectivity index (χ3n) is 2.88. The summed E-state index contributed by atoms with van der Waals surface area (Å²) in [7, 11) is 1.45. The molecule has 9 nitrogen and oxygen atoms in total. The molecule has 0 aromatic heterocycles. The lowest BCUT2D eigenvalue weighted by molar-refractivity contribution is -0.387. The molecule has 0 fully saturated rings. The monoisotopic (exact) mass is 341 g/mol. The van der Waals surface area contributed by atoms with Crippen LogP contribution in [0.3, 0.4) is 0 Å². The van der Waals surface area contributed by atoms with E-state index in [0.29, 0.717) is 0 Å². The molecule has 0 unspecified atom stereocenters. The van der Waals surface area contributed by atoms with Gasteiger partial charge in [-0.25, -0.2) is 0 Å². The van der Waals surface area contributed by atoms with Gasteiger partial charge in [-0.05, 0) is 12.1 Å². The predicted molar refractivity (Wildman–Crippen MR) is 82.2 cm³/mol. The van der Waals surface area contributed by atoms with Gasteiger partial charge in [0.15, 0.2) is 0 Å². The molecule has 0 atom stereocenters. The van der Waals surface area contributed by atoms with E-state index in [9.17, 15) is 24.5 Å². The second-order valence-electron chi connectivity index (χ2n) is 4.55. The molecule has 0 spiro atoms. The number of carboxylic acids is 1. The van der Waals surface area contributed by atoms with Crippen LogP contribution >= 0.6 is 11.8 Å². The number of amides is 2. The first-order chi connectivity index (χ1) is 10.7. The Balaban J connectivity index is 2.77. The lowest BCUT2D eigenvalue weighted by atomic mass is 10.2. The summed E-state index contributed by atoms with van der Waals surface area (Å²) in [5.74, 6) is -2.25. The van der Waals surface area contributed by atoms with Crippen LogP contribution in [0.5, 0.6) is 0 Å². The highest BCUT2D eigenvalue weighted by molar-refractivity contribution is 8.00. The summed E-state index contributed by atoms with van der Waals surface area (Å²) in [6.07, 6.45) is -0.180. The van der Waals surface area contributed by atoms with E-state index < -0.39 is 16.8 Å². The van der Waals surface area contributed by atoms with Gasteiger partial charge in [-0.15, -0.1) is 11.8 Å². The maximum Gasteiger partial charge on any atom is 0.305 e. The Bertz CT molecular complexity index is 649. The van der Waals surface area contributed by atoms with Gasteiger partial charge in [0.1, 0.15) is 0 Å². The molecule has 0 aliphatic heterocycles. The fourth-order valence-electron chi connectivity index (χ4n) is 1.57. The highest BCUT2D eigenvalue weighted by Crippen LogP contribution is 2.30. The van der Waals surface area contributed by atoms with E-state index in [1.807, 2.05) is 0 Å². The van der Waals surface area contributed by atoms with Gasteiger partial charge in [0.2, 0.25) is 11.8 Å². The van der Waals surface area contributed by atoms with Gasteiger partial charge in [0.25, 0.3) is 5.69 Å². The number of primary amides is 1. The van der Waals surface area contributed by atoms with Crippen molar-refractivity contribution in [1.29, 1.82) is 0 Å². The number of hydrogen-bond acceptors (Lipinski definition) is 6. The standard InChI is InChI=1S/C13H15N3O6S/c1-15(5-4-12(18)19)11(17)7-23-10-3-2-8(13(14)20)6-9(10)16(21)22/h2-3,6H,4-5,7H2,1H3,(H2,14,20)(H,18,19). The molecule has 2 amide bonds. The van der Waals surface area contributed by atoms with Crippen molar-refractivity contribution in [1.82, 2.24) is 4.90 Å². The van der Waals surface area contributed by atoms with Crippen molar-refractivity contribution in [3.05, 3.63) is 33.9 Å². The normalized spacial score (nSPS) is 10.1. The summed E-state index contributed by atoms with van der Waals surface area (Å²) in [6, 6.07) is 3.76. The maximum absolute atomic E-state index is 11.9. The van der Waals surface area contributed by atoms with Crippen molar-refractivity contribution in [2.45, 2.75) is 11.3 Å². The average molecular weight is 341 g/mol. The molecule has 0 aliphatic carbocycles. The van der Waals surface area contributed by atoms with Gasteiger partial charge in [-0.3, -0.25) is 24.5 Å². The predicted octanol–water partition coefficient (Wildman–Crippen LogP) is 0.719. The van der Waals surface area contributed by atoms with Crippen LogP contribution in [0.15, 0.2) is 23.1 Å². The zero-order valence-corrected chi connectivity index (χ0v) is 13.0. The smallest absolute Gasteiger partial charge is 0.305 e. The van der Waals surface area contributed by atoms with Crippen molar-refractivity contribution in [2.24, 2.45) is 5.73 Å². The first-order valence-corrected chi connectivity index (χ1v) is 7.37. The Morgan fingerprint density at radius 3 is 2.57 bits per heavy atom. The first kappa shape index (κ1) is 18.4. The first-order valence-electron chi connectivity index (χ1n) is 6.39. The number of nitrogens with zero attached hydrogens (tertiary/aromatic N) is 2. The molecule has 124 valence electrons. The van der Waals surface area contributed by atoms with Crippen LogP contribution in [-0.2, 0) is 9.59 Å². The van der Waals surface area contributed by atoms with Gasteiger partial charge < -0.3 is 15.7 Å². The molecule has 3 N–H and O–H groups in total. The molecule has 0 radical (unpaired) electrons. The topological polar surface area (TPSA) is 144 Å². The van der Waals surface area contributed by atoms with Crippen molar-refractivity contribution >= 4 is 35.2 Å². The van der Waals surface area contributed by atoms with Gasteiger partial charge >= 0.3 is 5.97 Å². The number of nitro groups is 1. The molecule has 1 aromatic rings. The quantitative estimate of drug-likeness (QED) is 0.402. The zero-order valence-electron chi connectivity index (χ0n) is 12.2. The van der Waals surface area contributed by atoms with Crippen molar-refractivity contribution < 1.29 is 24.4 Å². The third-order valence-corrected chi connectivity index (χ3v) is 3.93. The molecule has 0 bridgehead atoms. The molecule has 0 saturated heterocycles. The van der Waals surface area contributed by atoms with Crippen molar-refractivity contribution in [3.63, 3.8) is 0 Å². The Morgan fingerprint density at radius 1 is 1.39 bits per heavy atom. The third kappa shape index (κ3) is 5.58. The minimum absolute atomic E-state index is 0.00551. The van der Waals surface area contributed by atoms with E-state index >= 15 is 0 Å². The Hall–Kier alpha value is -2.62. The SMILES string of the molecule is CN(CCC(=O)O)C(=O)CSc1ccc(C(N)=O)cc1[N+](=O)[O-]. The lowest BCUT2D eigenvalue weighted by Gasteiger charge is -2.15. The number of hydrogen-bond donors (Lipinski definition) is 2. The Labute approximate surface area is 135 Å². The van der Waals surface area contributed by atoms with E-state index in [0.717, 1.165) is 17.8 Å². The number of benzene rings is 1. The number of thioether (sulfide) groups is 1. The van der Waals surface area contributed by atoms with E-state index in [-0.39, 0.29) is 40.8 Å². The molecule has 0 saturated carbocycles. The van der Waals surface area contributed by atoms with Gasteiger partial charge in [-0.1, -0.05) is 0 Å². The molecule has 23 heavy (non-hydrogen) atoms. The number of carbonyl (C=O) groups excluding carboxylic acids is 2. The van der Waals surface area contributed by atoms with Crippen LogP contribution in [-0.4, -0.2) is 52.1 Å². The van der Waals surface area contributed by atoms with E-state index in [4.69, 9.17) is 10.8 Å². The fraction of sp³-hybridized carbons (Fsp3) is 0.308. The van der Waals surface area contributed by atoms with Crippen LogP contribution in [0.25, 0.3) is 0 Å². The zero-order chi connectivity index (χ0) is 17.6. The number of rotatable bonds is 8. The van der Waals surface area contributed by atoms with Crippen molar-refractivity contribution in [3.8, 4) is 0 Å². The summed E-state index contributed by atoms with van der Waals surface area (Å²) in [6.45, 7) is 0.0530. The van der Waals surface area contributed by atoms with Crippen LogP contribution < -0.4 is 5.73 Å². The minimum atomic E-state index is -1.02. The number of carboxylic acid groups (broad SMARTS) is 1. The minimum Gasteiger partial charge on any atom is -0.481 e. The molecule has 1 aromatic carbocycles.